The van der Waals surface area contributed by atoms with Crippen molar-refractivity contribution < 1.29 is 19.5 Å². The molecule has 0 aliphatic carbocycles. The fourth-order valence-corrected chi connectivity index (χ4v) is 2.40. The van der Waals surface area contributed by atoms with Gasteiger partial charge >= 0.3 is 5.97 Å². The highest BCUT2D eigenvalue weighted by Gasteiger charge is 2.17. The second-order valence-corrected chi connectivity index (χ2v) is 6.02. The summed E-state index contributed by atoms with van der Waals surface area (Å²) in [7, 11) is 0. The van der Waals surface area contributed by atoms with E-state index in [0.29, 0.717) is 10.7 Å². The lowest BCUT2D eigenvalue weighted by Gasteiger charge is -2.18. The van der Waals surface area contributed by atoms with Gasteiger partial charge in [0.2, 0.25) is 11.8 Å². The quantitative estimate of drug-likeness (QED) is 0.625. The minimum atomic E-state index is -1.04. The Hall–Kier alpha value is -2.94. The zero-order chi connectivity index (χ0) is 19.1. The average Bonchev–Trinajstić information content (AvgIpc) is 2.99. The number of carbonyl (C=O) groups is 3. The van der Waals surface area contributed by atoms with Crippen LogP contribution in [0.15, 0.2) is 30.5 Å². The fraction of sp³-hybridized carbons (Fsp3) is 0.312. The smallest absolute Gasteiger partial charge is 0.325 e. The van der Waals surface area contributed by atoms with Crippen LogP contribution in [-0.2, 0) is 27.5 Å². The molecular weight excluding hydrogens is 362 g/mol. The number of benzene rings is 1. The van der Waals surface area contributed by atoms with Gasteiger partial charge in [-0.25, -0.2) is 4.68 Å². The molecule has 1 unspecified atom stereocenters. The van der Waals surface area contributed by atoms with E-state index in [-0.39, 0.29) is 31.3 Å². The van der Waals surface area contributed by atoms with E-state index >= 15 is 0 Å². The van der Waals surface area contributed by atoms with Crippen LogP contribution in [0.4, 0.5) is 0 Å². The molecule has 1 aromatic carbocycles. The normalized spacial score (nSPS) is 11.6. The van der Waals surface area contributed by atoms with Crippen LogP contribution >= 0.6 is 11.6 Å². The highest BCUT2D eigenvalue weighted by atomic mass is 35.5. The Morgan fingerprint density at radius 2 is 1.96 bits per heavy atom. The van der Waals surface area contributed by atoms with Crippen molar-refractivity contribution >= 4 is 29.4 Å². The Kier molecular flexibility index (Phi) is 6.67. The lowest BCUT2D eigenvalue weighted by Crippen LogP contribution is -2.32. The Morgan fingerprint density at radius 1 is 1.27 bits per heavy atom. The minimum Gasteiger partial charge on any atom is -0.480 e. The van der Waals surface area contributed by atoms with Gasteiger partial charge in [-0.3, -0.25) is 14.4 Å². The molecule has 0 saturated carbocycles. The van der Waals surface area contributed by atoms with Crippen LogP contribution in [-0.4, -0.2) is 37.9 Å². The van der Waals surface area contributed by atoms with Crippen molar-refractivity contribution in [3.05, 3.63) is 46.7 Å². The maximum absolute atomic E-state index is 12.2. The fourth-order valence-electron chi connectivity index (χ4n) is 2.27. The van der Waals surface area contributed by atoms with E-state index in [1.807, 2.05) is 0 Å². The number of halogens is 1. The molecule has 0 bridgehead atoms. The van der Waals surface area contributed by atoms with Crippen LogP contribution in [0.3, 0.4) is 0 Å². The molecule has 26 heavy (non-hydrogen) atoms. The van der Waals surface area contributed by atoms with E-state index in [4.69, 9.17) is 16.7 Å². The summed E-state index contributed by atoms with van der Waals surface area (Å²) in [6.07, 6.45) is 1.48. The predicted octanol–water partition coefficient (Wildman–Crippen LogP) is 0.900. The third-order valence-corrected chi connectivity index (χ3v) is 3.64. The molecular formula is C16H18ClN5O4. The van der Waals surface area contributed by atoms with E-state index in [1.54, 1.807) is 24.3 Å². The highest BCUT2D eigenvalue weighted by Crippen LogP contribution is 2.19. The monoisotopic (exact) mass is 379 g/mol. The Labute approximate surface area is 154 Å². The zero-order valence-corrected chi connectivity index (χ0v) is 14.7. The molecule has 2 amide bonds. The van der Waals surface area contributed by atoms with Crippen molar-refractivity contribution in [2.45, 2.75) is 32.5 Å². The number of aromatic nitrogens is 3. The number of nitrogens with one attached hydrogen (secondary N) is 2. The average molecular weight is 380 g/mol. The largest absolute Gasteiger partial charge is 0.480 e. The van der Waals surface area contributed by atoms with Crippen molar-refractivity contribution in [3.63, 3.8) is 0 Å². The van der Waals surface area contributed by atoms with Crippen LogP contribution in [0.1, 0.15) is 30.6 Å². The van der Waals surface area contributed by atoms with E-state index in [0.717, 1.165) is 10.2 Å². The summed E-state index contributed by atoms with van der Waals surface area (Å²) in [5.74, 6) is -1.59. The van der Waals surface area contributed by atoms with Gasteiger partial charge in [0.15, 0.2) is 0 Å². The molecule has 0 fully saturated rings. The molecule has 9 nitrogen and oxygen atoms in total. The number of nitrogens with zero attached hydrogens (tertiary/aromatic N) is 3. The molecule has 1 aromatic heterocycles. The van der Waals surface area contributed by atoms with E-state index < -0.39 is 12.0 Å². The number of amides is 2. The van der Waals surface area contributed by atoms with Gasteiger partial charge in [0.05, 0.1) is 25.2 Å². The molecule has 0 saturated heterocycles. The van der Waals surface area contributed by atoms with Crippen molar-refractivity contribution in [1.82, 2.24) is 25.6 Å². The SMILES string of the molecule is CC(=O)NC(CC(=O)NCc1cn(CC(=O)O)nn1)c1ccc(Cl)cc1. The number of aliphatic carboxylic acids is 1. The first kappa shape index (κ1) is 19.4. The predicted molar refractivity (Wildman–Crippen MR) is 92.1 cm³/mol. The topological polar surface area (TPSA) is 126 Å². The first-order valence-electron chi connectivity index (χ1n) is 7.73. The lowest BCUT2D eigenvalue weighted by atomic mass is 10.0. The molecule has 138 valence electrons. The van der Waals surface area contributed by atoms with Crippen LogP contribution < -0.4 is 10.6 Å². The van der Waals surface area contributed by atoms with Gasteiger partial charge in [0, 0.05) is 11.9 Å². The molecule has 1 heterocycles. The summed E-state index contributed by atoms with van der Waals surface area (Å²) in [6.45, 7) is 1.18. The van der Waals surface area contributed by atoms with Gasteiger partial charge in [-0.2, -0.15) is 0 Å². The summed E-state index contributed by atoms with van der Waals surface area (Å²) in [5.41, 5.74) is 1.19. The van der Waals surface area contributed by atoms with Gasteiger partial charge in [0.1, 0.15) is 12.2 Å². The second-order valence-electron chi connectivity index (χ2n) is 5.59. The molecule has 0 aliphatic heterocycles. The van der Waals surface area contributed by atoms with Crippen molar-refractivity contribution in [3.8, 4) is 0 Å². The molecule has 2 aromatic rings. The Morgan fingerprint density at radius 3 is 2.58 bits per heavy atom. The van der Waals surface area contributed by atoms with E-state index in [2.05, 4.69) is 20.9 Å². The highest BCUT2D eigenvalue weighted by molar-refractivity contribution is 6.30. The summed E-state index contributed by atoms with van der Waals surface area (Å²) in [5, 5.41) is 22.1. The third kappa shape index (κ3) is 6.17. The number of hydrogen-bond acceptors (Lipinski definition) is 5. The summed E-state index contributed by atoms with van der Waals surface area (Å²) < 4.78 is 1.16. The standard InChI is InChI=1S/C16H18ClN5O4/c1-10(23)19-14(11-2-4-12(17)5-3-11)6-15(24)18-7-13-8-22(21-20-13)9-16(25)26/h2-5,8,14H,6-7,9H2,1H3,(H,18,24)(H,19,23)(H,25,26). The molecule has 3 N–H and O–H groups in total. The third-order valence-electron chi connectivity index (χ3n) is 3.39. The molecule has 0 aliphatic rings. The van der Waals surface area contributed by atoms with Crippen LogP contribution in [0, 0.1) is 0 Å². The summed E-state index contributed by atoms with van der Waals surface area (Å²) >= 11 is 5.86. The van der Waals surface area contributed by atoms with Gasteiger partial charge in [0.25, 0.3) is 0 Å². The van der Waals surface area contributed by atoms with Gasteiger partial charge in [-0.05, 0) is 17.7 Å². The number of rotatable bonds is 8. The summed E-state index contributed by atoms with van der Waals surface area (Å²) in [4.78, 5) is 34.2. The first-order valence-corrected chi connectivity index (χ1v) is 8.11. The van der Waals surface area contributed by atoms with Gasteiger partial charge < -0.3 is 15.7 Å². The van der Waals surface area contributed by atoms with Crippen LogP contribution in [0.5, 0.6) is 0 Å². The zero-order valence-electron chi connectivity index (χ0n) is 14.0. The number of hydrogen-bond donors (Lipinski definition) is 3. The van der Waals surface area contributed by atoms with Gasteiger partial charge in [-0.1, -0.05) is 28.9 Å². The van der Waals surface area contributed by atoms with E-state index in [1.165, 1.54) is 13.1 Å². The van der Waals surface area contributed by atoms with Crippen molar-refractivity contribution in [2.24, 2.45) is 0 Å². The number of carboxylic acid groups (broad SMARTS) is 1. The molecule has 1 atom stereocenters. The lowest BCUT2D eigenvalue weighted by molar-refractivity contribution is -0.138. The summed E-state index contributed by atoms with van der Waals surface area (Å²) in [6, 6.07) is 6.36. The van der Waals surface area contributed by atoms with Crippen LogP contribution in [0.2, 0.25) is 5.02 Å². The first-order chi connectivity index (χ1) is 12.3. The molecule has 0 spiro atoms. The maximum Gasteiger partial charge on any atom is 0.325 e. The van der Waals surface area contributed by atoms with Crippen molar-refractivity contribution in [1.29, 1.82) is 0 Å². The van der Waals surface area contributed by atoms with Gasteiger partial charge in [-0.15, -0.1) is 5.10 Å². The molecule has 10 heteroatoms. The maximum atomic E-state index is 12.2. The minimum absolute atomic E-state index is 0.0322. The number of carbonyl (C=O) groups excluding carboxylic acids is 2. The second kappa shape index (κ2) is 8.95. The molecule has 2 rings (SSSR count). The van der Waals surface area contributed by atoms with Crippen molar-refractivity contribution in [2.75, 3.05) is 0 Å². The number of carboxylic acids is 1. The molecule has 0 radical (unpaired) electrons. The van der Waals surface area contributed by atoms with E-state index in [9.17, 15) is 14.4 Å². The Balaban J connectivity index is 1.94. The Bertz CT molecular complexity index is 790. The van der Waals surface area contributed by atoms with Crippen LogP contribution in [0.25, 0.3) is 0 Å².